The van der Waals surface area contributed by atoms with E-state index in [0.29, 0.717) is 15.9 Å². The molecule has 0 radical (unpaired) electrons. The van der Waals surface area contributed by atoms with E-state index in [9.17, 15) is 4.79 Å². The van der Waals surface area contributed by atoms with Gasteiger partial charge in [-0.05, 0) is 31.2 Å². The number of rotatable bonds is 5. The second kappa shape index (κ2) is 7.42. The third kappa shape index (κ3) is 4.31. The van der Waals surface area contributed by atoms with Crippen molar-refractivity contribution in [3.05, 3.63) is 59.1 Å². The van der Waals surface area contributed by atoms with E-state index in [1.165, 1.54) is 16.9 Å². The number of aromatic nitrogens is 2. The highest BCUT2D eigenvalue weighted by molar-refractivity contribution is 7.18. The number of anilines is 1. The first kappa shape index (κ1) is 16.4. The topological polar surface area (TPSA) is 64.1 Å². The van der Waals surface area contributed by atoms with Gasteiger partial charge in [0, 0.05) is 10.6 Å². The van der Waals surface area contributed by atoms with Gasteiger partial charge in [0.25, 0.3) is 5.91 Å². The van der Waals surface area contributed by atoms with Gasteiger partial charge >= 0.3 is 0 Å². The Morgan fingerprint density at radius 1 is 1.12 bits per heavy atom. The molecule has 0 saturated carbocycles. The lowest BCUT2D eigenvalue weighted by Crippen LogP contribution is -2.20. The molecule has 7 heteroatoms. The number of nitrogens with one attached hydrogen (secondary N) is 1. The molecule has 2 aromatic carbocycles. The highest BCUT2D eigenvalue weighted by Gasteiger charge is 2.10. The van der Waals surface area contributed by atoms with Crippen LogP contribution in [-0.4, -0.2) is 22.7 Å². The number of hydrogen-bond donors (Lipinski definition) is 1. The smallest absolute Gasteiger partial charge is 0.264 e. The molecule has 0 bridgehead atoms. The molecule has 1 aromatic heterocycles. The molecular weight excluding hydrogens is 346 g/mol. The zero-order chi connectivity index (χ0) is 16.9. The van der Waals surface area contributed by atoms with Crippen molar-refractivity contribution >= 4 is 34.0 Å². The van der Waals surface area contributed by atoms with E-state index >= 15 is 0 Å². The monoisotopic (exact) mass is 359 g/mol. The van der Waals surface area contributed by atoms with Crippen LogP contribution < -0.4 is 10.1 Å². The molecule has 24 heavy (non-hydrogen) atoms. The highest BCUT2D eigenvalue weighted by atomic mass is 35.5. The SMILES string of the molecule is Cc1ccc(-c2nnc(NC(=O)COc3ccc(Cl)cc3)s2)cc1. The molecular formula is C17H14ClN3O2S. The number of hydrogen-bond acceptors (Lipinski definition) is 5. The first-order valence-electron chi connectivity index (χ1n) is 7.19. The van der Waals surface area contributed by atoms with E-state index < -0.39 is 0 Å². The first-order valence-corrected chi connectivity index (χ1v) is 8.38. The van der Waals surface area contributed by atoms with Gasteiger partial charge in [-0.1, -0.05) is 52.8 Å². The fourth-order valence-electron chi connectivity index (χ4n) is 1.92. The van der Waals surface area contributed by atoms with Crippen LogP contribution >= 0.6 is 22.9 Å². The summed E-state index contributed by atoms with van der Waals surface area (Å²) >= 11 is 7.11. The van der Waals surface area contributed by atoms with Gasteiger partial charge in [0.2, 0.25) is 5.13 Å². The molecule has 1 heterocycles. The normalized spacial score (nSPS) is 10.4. The molecule has 0 aliphatic rings. The van der Waals surface area contributed by atoms with Crippen LogP contribution in [0.2, 0.25) is 5.02 Å². The van der Waals surface area contributed by atoms with Crippen molar-refractivity contribution in [3.8, 4) is 16.3 Å². The number of nitrogens with zero attached hydrogens (tertiary/aromatic N) is 2. The van der Waals surface area contributed by atoms with Gasteiger partial charge in [-0.25, -0.2) is 0 Å². The Bertz CT molecular complexity index is 832. The Labute approximate surface area is 148 Å². The largest absolute Gasteiger partial charge is 0.484 e. The summed E-state index contributed by atoms with van der Waals surface area (Å²) in [4.78, 5) is 11.9. The van der Waals surface area contributed by atoms with Crippen molar-refractivity contribution in [2.45, 2.75) is 6.92 Å². The van der Waals surface area contributed by atoms with Crippen LogP contribution in [0.15, 0.2) is 48.5 Å². The summed E-state index contributed by atoms with van der Waals surface area (Å²) in [5.41, 5.74) is 2.15. The van der Waals surface area contributed by atoms with Crippen LogP contribution in [0.4, 0.5) is 5.13 Å². The van der Waals surface area contributed by atoms with E-state index in [-0.39, 0.29) is 12.5 Å². The second-order valence-electron chi connectivity index (χ2n) is 5.07. The van der Waals surface area contributed by atoms with E-state index in [1.54, 1.807) is 24.3 Å². The molecule has 122 valence electrons. The second-order valence-corrected chi connectivity index (χ2v) is 6.48. The number of carbonyl (C=O) groups excluding carboxylic acids is 1. The van der Waals surface area contributed by atoms with Crippen LogP contribution in [0.5, 0.6) is 5.75 Å². The van der Waals surface area contributed by atoms with Crippen LogP contribution in [-0.2, 0) is 4.79 Å². The molecule has 0 unspecified atom stereocenters. The standard InChI is InChI=1S/C17H14ClN3O2S/c1-11-2-4-12(5-3-11)16-20-21-17(24-16)19-15(22)10-23-14-8-6-13(18)7-9-14/h2-9H,10H2,1H3,(H,19,21,22). The number of carbonyl (C=O) groups is 1. The minimum absolute atomic E-state index is 0.110. The Morgan fingerprint density at radius 3 is 2.54 bits per heavy atom. The van der Waals surface area contributed by atoms with Crippen molar-refractivity contribution in [3.63, 3.8) is 0 Å². The van der Waals surface area contributed by atoms with Gasteiger partial charge in [-0.2, -0.15) is 0 Å². The Morgan fingerprint density at radius 2 is 1.83 bits per heavy atom. The number of aryl methyl sites for hydroxylation is 1. The van der Waals surface area contributed by atoms with E-state index in [0.717, 1.165) is 10.6 Å². The number of ether oxygens (including phenoxy) is 1. The van der Waals surface area contributed by atoms with Crippen LogP contribution in [0.1, 0.15) is 5.56 Å². The summed E-state index contributed by atoms with van der Waals surface area (Å²) in [6, 6.07) is 14.8. The number of benzene rings is 2. The number of amides is 1. The predicted molar refractivity (Wildman–Crippen MR) is 95.7 cm³/mol. The van der Waals surface area contributed by atoms with Gasteiger partial charge < -0.3 is 4.74 Å². The van der Waals surface area contributed by atoms with Gasteiger partial charge in [-0.15, -0.1) is 10.2 Å². The van der Waals surface area contributed by atoms with Gasteiger partial charge in [0.15, 0.2) is 6.61 Å². The van der Waals surface area contributed by atoms with Crippen LogP contribution in [0.25, 0.3) is 10.6 Å². The van der Waals surface area contributed by atoms with Crippen LogP contribution in [0.3, 0.4) is 0 Å². The zero-order valence-corrected chi connectivity index (χ0v) is 14.4. The van der Waals surface area contributed by atoms with Crippen molar-refractivity contribution < 1.29 is 9.53 Å². The van der Waals surface area contributed by atoms with Crippen molar-refractivity contribution in [1.29, 1.82) is 0 Å². The maximum atomic E-state index is 11.9. The van der Waals surface area contributed by atoms with Crippen molar-refractivity contribution in [1.82, 2.24) is 10.2 Å². The molecule has 0 fully saturated rings. The molecule has 3 rings (SSSR count). The summed E-state index contributed by atoms with van der Waals surface area (Å²) in [7, 11) is 0. The summed E-state index contributed by atoms with van der Waals surface area (Å²) < 4.78 is 5.39. The predicted octanol–water partition coefficient (Wildman–Crippen LogP) is 4.18. The zero-order valence-electron chi connectivity index (χ0n) is 12.8. The molecule has 5 nitrogen and oxygen atoms in total. The quantitative estimate of drug-likeness (QED) is 0.742. The Hall–Kier alpha value is -2.44. The maximum absolute atomic E-state index is 11.9. The summed E-state index contributed by atoms with van der Waals surface area (Å²) in [6.07, 6.45) is 0. The average molecular weight is 360 g/mol. The van der Waals surface area contributed by atoms with Gasteiger partial charge in [0.05, 0.1) is 0 Å². The fraction of sp³-hybridized carbons (Fsp3) is 0.118. The Balaban J connectivity index is 1.57. The number of halogens is 1. The minimum atomic E-state index is -0.295. The Kier molecular flexibility index (Phi) is 5.08. The van der Waals surface area contributed by atoms with E-state index in [4.69, 9.17) is 16.3 Å². The average Bonchev–Trinajstić information content (AvgIpc) is 3.03. The summed E-state index contributed by atoms with van der Waals surface area (Å²) in [5.74, 6) is 0.281. The molecule has 3 aromatic rings. The minimum Gasteiger partial charge on any atom is -0.484 e. The molecule has 1 N–H and O–H groups in total. The molecule has 0 atom stereocenters. The van der Waals surface area contributed by atoms with Crippen molar-refractivity contribution in [2.75, 3.05) is 11.9 Å². The summed E-state index contributed by atoms with van der Waals surface area (Å²) in [5, 5.41) is 12.6. The summed E-state index contributed by atoms with van der Waals surface area (Å²) in [6.45, 7) is 1.91. The highest BCUT2D eigenvalue weighted by Crippen LogP contribution is 2.26. The van der Waals surface area contributed by atoms with Crippen LogP contribution in [0, 0.1) is 6.92 Å². The molecule has 0 aliphatic carbocycles. The molecule has 0 spiro atoms. The van der Waals surface area contributed by atoms with Gasteiger partial charge in [0.1, 0.15) is 10.8 Å². The molecule has 0 saturated heterocycles. The third-order valence-electron chi connectivity index (χ3n) is 3.15. The van der Waals surface area contributed by atoms with E-state index in [2.05, 4.69) is 15.5 Å². The lowest BCUT2D eigenvalue weighted by molar-refractivity contribution is -0.118. The molecule has 1 amide bonds. The fourth-order valence-corrected chi connectivity index (χ4v) is 2.81. The molecule has 0 aliphatic heterocycles. The van der Waals surface area contributed by atoms with Crippen molar-refractivity contribution in [2.24, 2.45) is 0 Å². The van der Waals surface area contributed by atoms with Gasteiger partial charge in [-0.3, -0.25) is 10.1 Å². The lowest BCUT2D eigenvalue weighted by Gasteiger charge is -2.05. The maximum Gasteiger partial charge on any atom is 0.264 e. The third-order valence-corrected chi connectivity index (χ3v) is 4.29. The lowest BCUT2D eigenvalue weighted by atomic mass is 10.2. The van der Waals surface area contributed by atoms with E-state index in [1.807, 2.05) is 31.2 Å². The first-order chi connectivity index (χ1) is 11.6.